The van der Waals surface area contributed by atoms with Crippen LogP contribution in [0.1, 0.15) is 44.6 Å². The van der Waals surface area contributed by atoms with Crippen molar-refractivity contribution < 1.29 is 9.13 Å². The fourth-order valence-corrected chi connectivity index (χ4v) is 3.27. The van der Waals surface area contributed by atoms with E-state index in [9.17, 15) is 4.39 Å². The summed E-state index contributed by atoms with van der Waals surface area (Å²) in [4.78, 5) is 0. The van der Waals surface area contributed by atoms with E-state index in [0.29, 0.717) is 0 Å². The molecule has 1 unspecified atom stereocenters. The van der Waals surface area contributed by atoms with E-state index >= 15 is 0 Å². The quantitative estimate of drug-likeness (QED) is 0.902. The second kappa shape index (κ2) is 5.12. The summed E-state index contributed by atoms with van der Waals surface area (Å²) < 4.78 is 19.0. The first-order valence-electron chi connectivity index (χ1n) is 7.35. The standard InChI is InChI=1S/C16H22FNO/c1-16(7-3-2-4-8-16)18-11-14-10-12-9-13(17)5-6-15(12)19-14/h5-6,9,14,18H,2-4,7-8,10-11H2,1H3. The third-order valence-electron chi connectivity index (χ3n) is 4.48. The van der Waals surface area contributed by atoms with E-state index in [2.05, 4.69) is 12.2 Å². The summed E-state index contributed by atoms with van der Waals surface area (Å²) in [6.07, 6.45) is 7.47. The van der Waals surface area contributed by atoms with Crippen molar-refractivity contribution in [1.29, 1.82) is 0 Å². The molecule has 0 bridgehead atoms. The molecule has 1 aromatic rings. The summed E-state index contributed by atoms with van der Waals surface area (Å²) in [5.41, 5.74) is 1.27. The van der Waals surface area contributed by atoms with Gasteiger partial charge in [-0.1, -0.05) is 19.3 Å². The molecular weight excluding hydrogens is 241 g/mol. The van der Waals surface area contributed by atoms with Crippen LogP contribution in [0, 0.1) is 5.82 Å². The highest BCUT2D eigenvalue weighted by Crippen LogP contribution is 2.31. The van der Waals surface area contributed by atoms with Gasteiger partial charge in [0.1, 0.15) is 17.7 Å². The molecule has 2 aliphatic rings. The van der Waals surface area contributed by atoms with Crippen LogP contribution in [0.2, 0.25) is 0 Å². The number of nitrogens with one attached hydrogen (secondary N) is 1. The van der Waals surface area contributed by atoms with Gasteiger partial charge in [0.15, 0.2) is 0 Å². The van der Waals surface area contributed by atoms with Gasteiger partial charge in [0.05, 0.1) is 0 Å². The van der Waals surface area contributed by atoms with Gasteiger partial charge in [0.25, 0.3) is 0 Å². The average molecular weight is 263 g/mol. The first-order chi connectivity index (χ1) is 9.15. The SMILES string of the molecule is CC1(NCC2Cc3cc(F)ccc3O2)CCCCC1. The third kappa shape index (κ3) is 2.92. The predicted octanol–water partition coefficient (Wildman–Crippen LogP) is 3.44. The number of halogens is 1. The van der Waals surface area contributed by atoms with E-state index in [-0.39, 0.29) is 17.5 Å². The first kappa shape index (κ1) is 12.9. The van der Waals surface area contributed by atoms with Crippen molar-refractivity contribution >= 4 is 0 Å². The second-order valence-electron chi connectivity index (χ2n) is 6.20. The fraction of sp³-hybridized carbons (Fsp3) is 0.625. The lowest BCUT2D eigenvalue weighted by molar-refractivity contribution is 0.183. The lowest BCUT2D eigenvalue weighted by Gasteiger charge is -2.35. The maximum atomic E-state index is 13.2. The number of ether oxygens (including phenoxy) is 1. The molecule has 19 heavy (non-hydrogen) atoms. The van der Waals surface area contributed by atoms with Crippen molar-refractivity contribution in [1.82, 2.24) is 5.32 Å². The van der Waals surface area contributed by atoms with Gasteiger partial charge in [0, 0.05) is 24.1 Å². The van der Waals surface area contributed by atoms with Gasteiger partial charge < -0.3 is 10.1 Å². The summed E-state index contributed by atoms with van der Waals surface area (Å²) in [5.74, 6) is 0.678. The molecule has 0 aromatic heterocycles. The zero-order valence-corrected chi connectivity index (χ0v) is 11.5. The summed E-state index contributed by atoms with van der Waals surface area (Å²) in [5, 5.41) is 3.67. The van der Waals surface area contributed by atoms with E-state index in [1.54, 1.807) is 12.1 Å². The Bertz CT molecular complexity index is 454. The highest BCUT2D eigenvalue weighted by Gasteiger charge is 2.29. The predicted molar refractivity (Wildman–Crippen MR) is 74.0 cm³/mol. The van der Waals surface area contributed by atoms with Crippen molar-refractivity contribution in [3.05, 3.63) is 29.6 Å². The molecule has 1 N–H and O–H groups in total. The summed E-state index contributed by atoms with van der Waals surface area (Å²) in [7, 11) is 0. The zero-order chi connectivity index (χ0) is 13.3. The van der Waals surface area contributed by atoms with Crippen LogP contribution in [0.3, 0.4) is 0 Å². The van der Waals surface area contributed by atoms with Crippen molar-refractivity contribution in [2.24, 2.45) is 0 Å². The van der Waals surface area contributed by atoms with Crippen LogP contribution in [0.25, 0.3) is 0 Å². The smallest absolute Gasteiger partial charge is 0.123 e. The monoisotopic (exact) mass is 263 g/mol. The van der Waals surface area contributed by atoms with E-state index in [1.807, 2.05) is 0 Å². The van der Waals surface area contributed by atoms with Crippen molar-refractivity contribution in [2.45, 2.75) is 57.1 Å². The number of hydrogen-bond donors (Lipinski definition) is 1. The number of fused-ring (bicyclic) bond motifs is 1. The molecule has 1 heterocycles. The molecule has 1 aliphatic carbocycles. The molecule has 0 amide bonds. The molecule has 1 aromatic carbocycles. The highest BCUT2D eigenvalue weighted by molar-refractivity contribution is 5.37. The van der Waals surface area contributed by atoms with Crippen LogP contribution in [0.4, 0.5) is 4.39 Å². The Labute approximate surface area is 114 Å². The molecule has 2 nitrogen and oxygen atoms in total. The highest BCUT2D eigenvalue weighted by atomic mass is 19.1. The largest absolute Gasteiger partial charge is 0.488 e. The Morgan fingerprint density at radius 2 is 2.11 bits per heavy atom. The number of hydrogen-bond acceptors (Lipinski definition) is 2. The zero-order valence-electron chi connectivity index (χ0n) is 11.5. The maximum Gasteiger partial charge on any atom is 0.123 e. The fourth-order valence-electron chi connectivity index (χ4n) is 3.27. The van der Waals surface area contributed by atoms with Crippen LogP contribution in [-0.2, 0) is 6.42 Å². The van der Waals surface area contributed by atoms with Gasteiger partial charge in [-0.25, -0.2) is 4.39 Å². The number of rotatable bonds is 3. The minimum absolute atomic E-state index is 0.149. The third-order valence-corrected chi connectivity index (χ3v) is 4.48. The lowest BCUT2D eigenvalue weighted by atomic mass is 9.83. The average Bonchev–Trinajstić information content (AvgIpc) is 2.79. The summed E-state index contributed by atoms with van der Waals surface area (Å²) >= 11 is 0. The maximum absolute atomic E-state index is 13.2. The van der Waals surface area contributed by atoms with Gasteiger partial charge in [-0.2, -0.15) is 0 Å². The summed E-state index contributed by atoms with van der Waals surface area (Å²) in [6, 6.07) is 4.81. The van der Waals surface area contributed by atoms with Crippen LogP contribution >= 0.6 is 0 Å². The molecule has 1 saturated carbocycles. The molecule has 3 heteroatoms. The van der Waals surface area contributed by atoms with Crippen LogP contribution in [-0.4, -0.2) is 18.2 Å². The Hall–Kier alpha value is -1.09. The Morgan fingerprint density at radius 1 is 1.32 bits per heavy atom. The minimum Gasteiger partial charge on any atom is -0.488 e. The van der Waals surface area contributed by atoms with Crippen LogP contribution in [0.15, 0.2) is 18.2 Å². The van der Waals surface area contributed by atoms with Crippen LogP contribution in [0.5, 0.6) is 5.75 Å². The Morgan fingerprint density at radius 3 is 2.89 bits per heavy atom. The van der Waals surface area contributed by atoms with Crippen LogP contribution < -0.4 is 10.1 Å². The molecule has 3 rings (SSSR count). The van der Waals surface area contributed by atoms with Gasteiger partial charge >= 0.3 is 0 Å². The molecule has 1 aliphatic heterocycles. The molecule has 0 saturated heterocycles. The van der Waals surface area contributed by atoms with Gasteiger partial charge in [0.2, 0.25) is 0 Å². The van der Waals surface area contributed by atoms with Gasteiger partial charge in [-0.05, 0) is 38.0 Å². The second-order valence-corrected chi connectivity index (χ2v) is 6.20. The molecular formula is C16H22FNO. The molecule has 0 spiro atoms. The topological polar surface area (TPSA) is 21.3 Å². The number of benzene rings is 1. The first-order valence-corrected chi connectivity index (χ1v) is 7.35. The normalized spacial score (nSPS) is 24.8. The molecule has 104 valence electrons. The molecule has 1 fully saturated rings. The molecule has 1 atom stereocenters. The van der Waals surface area contributed by atoms with Crippen molar-refractivity contribution in [3.8, 4) is 5.75 Å². The van der Waals surface area contributed by atoms with Gasteiger partial charge in [-0.15, -0.1) is 0 Å². The minimum atomic E-state index is -0.171. The van der Waals surface area contributed by atoms with E-state index in [0.717, 1.165) is 24.3 Å². The van der Waals surface area contributed by atoms with Crippen molar-refractivity contribution in [2.75, 3.05) is 6.54 Å². The summed E-state index contributed by atoms with van der Waals surface area (Å²) in [6.45, 7) is 3.17. The molecule has 0 radical (unpaired) electrons. The van der Waals surface area contributed by atoms with E-state index < -0.39 is 0 Å². The van der Waals surface area contributed by atoms with E-state index in [4.69, 9.17) is 4.74 Å². The van der Waals surface area contributed by atoms with E-state index in [1.165, 1.54) is 38.2 Å². The van der Waals surface area contributed by atoms with Gasteiger partial charge in [-0.3, -0.25) is 0 Å². The Kier molecular flexibility index (Phi) is 3.48. The lowest BCUT2D eigenvalue weighted by Crippen LogP contribution is -2.47. The van der Waals surface area contributed by atoms with Crippen molar-refractivity contribution in [3.63, 3.8) is 0 Å². The Balaban J connectivity index is 1.55.